The second-order valence-corrected chi connectivity index (χ2v) is 14.8. The van der Waals surface area contributed by atoms with Crippen LogP contribution in [0.15, 0.2) is 0 Å². The van der Waals surface area contributed by atoms with Crippen LogP contribution >= 0.6 is 0 Å². The predicted octanol–water partition coefficient (Wildman–Crippen LogP) is 1.45. The normalized spacial score (nSPS) is 12.0. The van der Waals surface area contributed by atoms with E-state index in [0.717, 1.165) is 44.9 Å². The summed E-state index contributed by atoms with van der Waals surface area (Å²) < 4.78 is 21.3. The van der Waals surface area contributed by atoms with Crippen LogP contribution in [0.1, 0.15) is 135 Å². The molecule has 0 saturated carbocycles. The summed E-state index contributed by atoms with van der Waals surface area (Å²) in [5.74, 6) is -0.792. The van der Waals surface area contributed by atoms with Crippen LogP contribution in [0.25, 0.3) is 0 Å². The zero-order valence-electron chi connectivity index (χ0n) is 36.3. The highest BCUT2D eigenvalue weighted by atomic mass is 16.5. The number of quaternary nitrogens is 1. The lowest BCUT2D eigenvalue weighted by Gasteiger charge is -2.14. The summed E-state index contributed by atoms with van der Waals surface area (Å²) in [6, 6.07) is -1.85. The summed E-state index contributed by atoms with van der Waals surface area (Å²) in [5.41, 5.74) is 2.47. The zero-order valence-corrected chi connectivity index (χ0v) is 36.3. The van der Waals surface area contributed by atoms with Gasteiger partial charge in [-0.2, -0.15) is 5.43 Å². The topological polar surface area (TPSA) is 305 Å². The molecule has 0 aromatic carbocycles. The maximum absolute atomic E-state index is 12.3. The second-order valence-electron chi connectivity index (χ2n) is 14.8. The van der Waals surface area contributed by atoms with Crippen molar-refractivity contribution in [3.05, 3.63) is 0 Å². The average molecular weight is 878 g/mol. The van der Waals surface area contributed by atoms with E-state index in [1.165, 1.54) is 38.5 Å². The molecule has 2 atom stereocenters. The SMILES string of the molecule is [NH3+]N[C@@H](CCCCNC(=O)COCCOCCNC(=O)COCCOCCNC(=O)CC[C@H](NC(=O)CCCCCCCCCCCCCCCCC(=O)O)C(=O)O)C(=O)O. The third kappa shape index (κ3) is 39.9. The Morgan fingerprint density at radius 3 is 1.30 bits per heavy atom. The molecule has 11 N–H and O–H groups in total. The molecule has 0 aliphatic carbocycles. The number of nitrogens with one attached hydrogen (secondary N) is 5. The molecule has 0 fully saturated rings. The summed E-state index contributed by atoms with van der Waals surface area (Å²) in [5, 5.41) is 37.6. The van der Waals surface area contributed by atoms with E-state index in [2.05, 4.69) is 32.5 Å². The van der Waals surface area contributed by atoms with Crippen molar-refractivity contribution in [2.24, 2.45) is 0 Å². The number of hydrogen-bond donors (Lipinski definition) is 9. The van der Waals surface area contributed by atoms with Crippen LogP contribution in [0.3, 0.4) is 0 Å². The van der Waals surface area contributed by atoms with Crippen molar-refractivity contribution in [3.63, 3.8) is 0 Å². The van der Waals surface area contributed by atoms with Crippen LogP contribution in [0.5, 0.6) is 0 Å². The monoisotopic (exact) mass is 878 g/mol. The highest BCUT2D eigenvalue weighted by Crippen LogP contribution is 2.14. The van der Waals surface area contributed by atoms with E-state index in [9.17, 15) is 38.7 Å². The minimum atomic E-state index is -1.19. The van der Waals surface area contributed by atoms with Gasteiger partial charge in [0.2, 0.25) is 23.6 Å². The maximum Gasteiger partial charge on any atom is 0.326 e. The van der Waals surface area contributed by atoms with Crippen molar-refractivity contribution in [3.8, 4) is 0 Å². The summed E-state index contributed by atoms with van der Waals surface area (Å²) in [6.07, 6.45) is 17.1. The molecule has 4 amide bonds. The molecule has 61 heavy (non-hydrogen) atoms. The molecular formula is C41H77N6O14+. The van der Waals surface area contributed by atoms with Gasteiger partial charge in [-0.3, -0.25) is 34.6 Å². The predicted molar refractivity (Wildman–Crippen MR) is 224 cm³/mol. The smallest absolute Gasteiger partial charge is 0.326 e. The van der Waals surface area contributed by atoms with Crippen LogP contribution < -0.4 is 32.5 Å². The van der Waals surface area contributed by atoms with Crippen molar-refractivity contribution in [1.29, 1.82) is 0 Å². The average Bonchev–Trinajstić information content (AvgIpc) is 3.22. The molecule has 20 nitrogen and oxygen atoms in total. The molecule has 0 radical (unpaired) electrons. The van der Waals surface area contributed by atoms with Gasteiger partial charge < -0.3 is 55.5 Å². The fraction of sp³-hybridized carbons (Fsp3) is 0.829. The molecule has 354 valence electrons. The number of carboxylic acids is 3. The first-order valence-electron chi connectivity index (χ1n) is 22.1. The number of aliphatic carboxylic acids is 3. The Kier molecular flexibility index (Phi) is 38.7. The van der Waals surface area contributed by atoms with E-state index in [-0.39, 0.29) is 115 Å². The van der Waals surface area contributed by atoms with Crippen LogP contribution in [-0.2, 0) is 52.5 Å². The molecule has 0 unspecified atom stereocenters. The van der Waals surface area contributed by atoms with Crippen LogP contribution in [0.4, 0.5) is 0 Å². The van der Waals surface area contributed by atoms with Gasteiger partial charge in [0.25, 0.3) is 0 Å². The minimum absolute atomic E-state index is 0.0317. The van der Waals surface area contributed by atoms with Crippen molar-refractivity contribution < 1.29 is 73.7 Å². The Bertz CT molecular complexity index is 1200. The Hall–Kier alpha value is -3.95. The molecule has 20 heteroatoms. The number of amides is 4. The van der Waals surface area contributed by atoms with E-state index in [1.54, 1.807) is 0 Å². The van der Waals surface area contributed by atoms with Gasteiger partial charge in [-0.25, -0.2) is 4.79 Å². The summed E-state index contributed by atoms with van der Waals surface area (Å²) in [4.78, 5) is 81.2. The molecule has 0 aromatic rings. The summed E-state index contributed by atoms with van der Waals surface area (Å²) in [7, 11) is 0. The van der Waals surface area contributed by atoms with Crippen molar-refractivity contribution >= 4 is 41.5 Å². The van der Waals surface area contributed by atoms with Gasteiger partial charge >= 0.3 is 17.9 Å². The first kappa shape index (κ1) is 57.1. The first-order chi connectivity index (χ1) is 29.5. The zero-order chi connectivity index (χ0) is 45.2. The number of carbonyl (C=O) groups is 7. The molecule has 0 aliphatic rings. The van der Waals surface area contributed by atoms with E-state index in [1.807, 2.05) is 0 Å². The number of ether oxygens (including phenoxy) is 4. The van der Waals surface area contributed by atoms with E-state index in [4.69, 9.17) is 29.2 Å². The highest BCUT2D eigenvalue weighted by molar-refractivity contribution is 5.84. The van der Waals surface area contributed by atoms with Gasteiger partial charge in [-0.05, 0) is 38.5 Å². The number of hydrogen-bond acceptors (Lipinski definition) is 12. The Morgan fingerprint density at radius 1 is 0.410 bits per heavy atom. The lowest BCUT2D eigenvalue weighted by Crippen LogP contribution is -2.70. The number of carbonyl (C=O) groups excluding carboxylic acids is 4. The minimum Gasteiger partial charge on any atom is -0.481 e. The second kappa shape index (κ2) is 41.4. The number of rotatable bonds is 45. The van der Waals surface area contributed by atoms with Gasteiger partial charge in [0.1, 0.15) is 19.3 Å². The van der Waals surface area contributed by atoms with E-state index < -0.39 is 30.0 Å². The molecule has 0 rings (SSSR count). The number of unbranched alkanes of at least 4 members (excludes halogenated alkanes) is 14. The highest BCUT2D eigenvalue weighted by Gasteiger charge is 2.21. The van der Waals surface area contributed by atoms with Crippen LogP contribution in [-0.4, -0.2) is 141 Å². The van der Waals surface area contributed by atoms with Gasteiger partial charge in [-0.15, -0.1) is 0 Å². The maximum atomic E-state index is 12.3. The van der Waals surface area contributed by atoms with Gasteiger partial charge in [-0.1, -0.05) is 77.0 Å². The first-order valence-corrected chi connectivity index (χ1v) is 22.1. The van der Waals surface area contributed by atoms with Crippen molar-refractivity contribution in [2.45, 2.75) is 147 Å². The van der Waals surface area contributed by atoms with Gasteiger partial charge in [0, 0.05) is 38.9 Å². The molecule has 0 heterocycles. The lowest BCUT2D eigenvalue weighted by atomic mass is 10.0. The largest absolute Gasteiger partial charge is 0.481 e. The van der Waals surface area contributed by atoms with Crippen LogP contribution in [0.2, 0.25) is 0 Å². The van der Waals surface area contributed by atoms with E-state index in [0.29, 0.717) is 32.2 Å². The molecule has 0 aromatic heterocycles. The van der Waals surface area contributed by atoms with Crippen molar-refractivity contribution in [1.82, 2.24) is 26.7 Å². The van der Waals surface area contributed by atoms with Gasteiger partial charge in [0.15, 0.2) is 6.04 Å². The third-order valence-corrected chi connectivity index (χ3v) is 9.47. The molecular weight excluding hydrogens is 800 g/mol. The van der Waals surface area contributed by atoms with Gasteiger partial charge in [0.05, 0.1) is 39.6 Å². The molecule has 0 spiro atoms. The lowest BCUT2D eigenvalue weighted by molar-refractivity contribution is -0.449. The molecule has 0 aliphatic heterocycles. The quantitative estimate of drug-likeness (QED) is 0.0309. The Labute approximate surface area is 360 Å². The summed E-state index contributed by atoms with van der Waals surface area (Å²) >= 11 is 0. The fourth-order valence-corrected chi connectivity index (χ4v) is 5.98. The standard InChI is InChI=1S/C41H76N6O14/c42-47-34(41(56)57)17-15-16-22-43-37(50)31-60-29-28-59-26-24-45-38(51)32-61-30-27-58-25-23-44-35(48)21-20-33(40(54)55)46-36(49)18-13-11-9-7-5-3-1-2-4-6-8-10-12-14-19-39(52)53/h33-34,47H,1-32,42H2,(H,43,50)(H,44,48)(H,45,51)(H,46,49)(H,52,53)(H,54,55)(H,56,57)/p+1/t33-,34-/m0/s1. The fourth-order valence-electron chi connectivity index (χ4n) is 5.98. The number of carboxylic acid groups (broad SMARTS) is 3. The summed E-state index contributed by atoms with van der Waals surface area (Å²) in [6.45, 7) is 1.80. The third-order valence-electron chi connectivity index (χ3n) is 9.47. The van der Waals surface area contributed by atoms with Crippen LogP contribution in [0, 0.1) is 0 Å². The Morgan fingerprint density at radius 2 is 0.836 bits per heavy atom. The Balaban J connectivity index is 3.65. The molecule has 0 bridgehead atoms. The van der Waals surface area contributed by atoms with Crippen molar-refractivity contribution in [2.75, 3.05) is 72.5 Å². The molecule has 0 saturated heterocycles. The van der Waals surface area contributed by atoms with E-state index >= 15 is 0 Å².